The Morgan fingerprint density at radius 2 is 1.88 bits per heavy atom. The number of primary sulfonamides is 1. The largest absolute Gasteiger partial charge is 0.313 e. The van der Waals surface area contributed by atoms with Crippen LogP contribution >= 0.6 is 0 Å². The van der Waals surface area contributed by atoms with Gasteiger partial charge in [-0.25, -0.2) is 13.6 Å². The summed E-state index contributed by atoms with van der Waals surface area (Å²) in [4.78, 5) is 0. The second-order valence-electron chi connectivity index (χ2n) is 6.08. The molecule has 3 fully saturated rings. The summed E-state index contributed by atoms with van der Waals surface area (Å²) in [5.74, 6) is 3.72. The van der Waals surface area contributed by atoms with Crippen molar-refractivity contribution in [2.75, 3.05) is 12.3 Å². The molecule has 0 saturated heterocycles. The van der Waals surface area contributed by atoms with Crippen LogP contribution in [0.2, 0.25) is 0 Å². The third-order valence-electron chi connectivity index (χ3n) is 5.22. The molecule has 4 nitrogen and oxygen atoms in total. The molecule has 0 aromatic carbocycles. The molecule has 0 aromatic rings. The van der Waals surface area contributed by atoms with Crippen LogP contribution in [0.25, 0.3) is 0 Å². The lowest BCUT2D eigenvalue weighted by Gasteiger charge is -2.32. The first-order chi connectivity index (χ1) is 8.04. The van der Waals surface area contributed by atoms with Crippen LogP contribution in [0.3, 0.4) is 0 Å². The van der Waals surface area contributed by atoms with Crippen molar-refractivity contribution in [3.63, 3.8) is 0 Å². The molecule has 0 radical (unpaired) electrons. The molecule has 98 valence electrons. The minimum absolute atomic E-state index is 0.0645. The van der Waals surface area contributed by atoms with E-state index in [1.54, 1.807) is 0 Å². The minimum atomic E-state index is -3.31. The average molecular weight is 258 g/mol. The van der Waals surface area contributed by atoms with Crippen molar-refractivity contribution < 1.29 is 8.42 Å². The van der Waals surface area contributed by atoms with E-state index in [9.17, 15) is 8.42 Å². The monoisotopic (exact) mass is 258 g/mol. The fourth-order valence-corrected chi connectivity index (χ4v) is 5.09. The van der Waals surface area contributed by atoms with E-state index in [-0.39, 0.29) is 5.75 Å². The molecule has 3 aliphatic rings. The first-order valence-electron chi connectivity index (χ1n) is 6.78. The first kappa shape index (κ1) is 11.9. The van der Waals surface area contributed by atoms with Crippen LogP contribution in [0.1, 0.15) is 32.1 Å². The Hall–Kier alpha value is -0.130. The summed E-state index contributed by atoms with van der Waals surface area (Å²) in [6.45, 7) is 0.518. The van der Waals surface area contributed by atoms with E-state index in [1.807, 2.05) is 0 Å². The van der Waals surface area contributed by atoms with Crippen molar-refractivity contribution in [1.82, 2.24) is 5.32 Å². The molecule has 0 amide bonds. The van der Waals surface area contributed by atoms with Crippen LogP contribution in [-0.4, -0.2) is 26.8 Å². The Morgan fingerprint density at radius 3 is 2.65 bits per heavy atom. The zero-order valence-corrected chi connectivity index (χ0v) is 11.0. The smallest absolute Gasteiger partial charge is 0.210 e. The van der Waals surface area contributed by atoms with Gasteiger partial charge in [-0.2, -0.15) is 0 Å². The Labute approximate surface area is 103 Å². The molecular weight excluding hydrogens is 236 g/mol. The zero-order valence-electron chi connectivity index (χ0n) is 10.1. The minimum Gasteiger partial charge on any atom is -0.313 e. The van der Waals surface area contributed by atoms with E-state index >= 15 is 0 Å². The van der Waals surface area contributed by atoms with E-state index in [2.05, 4.69) is 5.32 Å². The molecule has 0 spiro atoms. The normalized spacial score (nSPS) is 44.2. The molecule has 5 atom stereocenters. The van der Waals surface area contributed by atoms with E-state index in [0.717, 1.165) is 23.7 Å². The first-order valence-corrected chi connectivity index (χ1v) is 8.50. The Kier molecular flexibility index (Phi) is 2.96. The molecular formula is C12H22N2O2S. The van der Waals surface area contributed by atoms with E-state index in [4.69, 9.17) is 5.14 Å². The maximum Gasteiger partial charge on any atom is 0.210 e. The van der Waals surface area contributed by atoms with Crippen molar-refractivity contribution in [1.29, 1.82) is 0 Å². The van der Waals surface area contributed by atoms with Gasteiger partial charge in [0.25, 0.3) is 0 Å². The molecule has 5 heteroatoms. The van der Waals surface area contributed by atoms with Crippen LogP contribution in [-0.2, 0) is 10.0 Å². The molecule has 2 bridgehead atoms. The molecule has 3 aliphatic carbocycles. The lowest BCUT2D eigenvalue weighted by atomic mass is 9.79. The summed E-state index contributed by atoms with van der Waals surface area (Å²) in [6.07, 6.45) is 6.89. The maximum atomic E-state index is 10.9. The fourth-order valence-electron chi connectivity index (χ4n) is 4.69. The molecule has 17 heavy (non-hydrogen) atoms. The van der Waals surface area contributed by atoms with Gasteiger partial charge in [0.2, 0.25) is 10.0 Å². The van der Waals surface area contributed by atoms with Gasteiger partial charge in [0.15, 0.2) is 0 Å². The summed E-state index contributed by atoms with van der Waals surface area (Å²) < 4.78 is 21.8. The quantitative estimate of drug-likeness (QED) is 0.779. The van der Waals surface area contributed by atoms with Gasteiger partial charge in [-0.1, -0.05) is 6.42 Å². The van der Waals surface area contributed by atoms with Crippen LogP contribution in [0.5, 0.6) is 0 Å². The lowest BCUT2D eigenvalue weighted by molar-refractivity contribution is 0.211. The SMILES string of the molecule is NS(=O)(=O)CCNC1CC2CC1C1CCCC21. The van der Waals surface area contributed by atoms with Crippen LogP contribution in [0.15, 0.2) is 0 Å². The van der Waals surface area contributed by atoms with Crippen LogP contribution in [0, 0.1) is 23.7 Å². The van der Waals surface area contributed by atoms with Gasteiger partial charge in [0.05, 0.1) is 5.75 Å². The van der Waals surface area contributed by atoms with Gasteiger partial charge < -0.3 is 5.32 Å². The van der Waals surface area contributed by atoms with E-state index in [1.165, 1.54) is 32.1 Å². The van der Waals surface area contributed by atoms with Crippen LogP contribution < -0.4 is 10.5 Å². The highest BCUT2D eigenvalue weighted by Crippen LogP contribution is 2.58. The van der Waals surface area contributed by atoms with Gasteiger partial charge in [0.1, 0.15) is 0 Å². The van der Waals surface area contributed by atoms with Crippen molar-refractivity contribution in [2.24, 2.45) is 28.8 Å². The number of nitrogens with one attached hydrogen (secondary N) is 1. The van der Waals surface area contributed by atoms with Gasteiger partial charge in [-0.15, -0.1) is 0 Å². The van der Waals surface area contributed by atoms with Gasteiger partial charge in [-0.05, 0) is 49.4 Å². The second kappa shape index (κ2) is 4.21. The third-order valence-corrected chi connectivity index (χ3v) is 5.99. The van der Waals surface area contributed by atoms with Gasteiger partial charge in [0, 0.05) is 12.6 Å². The Balaban J connectivity index is 1.54. The van der Waals surface area contributed by atoms with E-state index < -0.39 is 10.0 Å². The molecule has 0 aliphatic heterocycles. The summed E-state index contributed by atoms with van der Waals surface area (Å²) in [5, 5.41) is 8.44. The molecule has 3 N–H and O–H groups in total. The van der Waals surface area contributed by atoms with Crippen LogP contribution in [0.4, 0.5) is 0 Å². The average Bonchev–Trinajstić information content (AvgIpc) is 2.85. The highest BCUT2D eigenvalue weighted by atomic mass is 32.2. The summed E-state index contributed by atoms with van der Waals surface area (Å²) >= 11 is 0. The van der Waals surface area contributed by atoms with Crippen molar-refractivity contribution in [3.05, 3.63) is 0 Å². The highest BCUT2D eigenvalue weighted by molar-refractivity contribution is 7.89. The van der Waals surface area contributed by atoms with Crippen molar-refractivity contribution in [2.45, 2.75) is 38.1 Å². The predicted octanol–water partition coefficient (Wildman–Crippen LogP) is 0.689. The molecule has 0 heterocycles. The number of rotatable bonds is 4. The lowest BCUT2D eigenvalue weighted by Crippen LogP contribution is -2.41. The molecule has 5 unspecified atom stereocenters. The summed E-state index contributed by atoms with van der Waals surface area (Å²) in [6, 6.07) is 0.557. The topological polar surface area (TPSA) is 72.2 Å². The number of fused-ring (bicyclic) bond motifs is 5. The third kappa shape index (κ3) is 2.25. The van der Waals surface area contributed by atoms with Gasteiger partial charge in [-0.3, -0.25) is 0 Å². The summed E-state index contributed by atoms with van der Waals surface area (Å²) in [7, 11) is -3.31. The summed E-state index contributed by atoms with van der Waals surface area (Å²) in [5.41, 5.74) is 0. The van der Waals surface area contributed by atoms with Crippen molar-refractivity contribution in [3.8, 4) is 0 Å². The second-order valence-corrected chi connectivity index (χ2v) is 7.82. The maximum absolute atomic E-state index is 10.9. The number of hydrogen-bond donors (Lipinski definition) is 2. The molecule has 0 aromatic heterocycles. The zero-order chi connectivity index (χ0) is 12.0. The standard InChI is InChI=1S/C12H22N2O2S/c13-17(15,16)5-4-14-12-7-8-6-11(12)10-3-1-2-9(8)10/h8-12,14H,1-7H2,(H2,13,15,16). The Bertz CT molecular complexity index is 395. The predicted molar refractivity (Wildman–Crippen MR) is 66.8 cm³/mol. The number of hydrogen-bond acceptors (Lipinski definition) is 3. The fraction of sp³-hybridized carbons (Fsp3) is 1.00. The highest BCUT2D eigenvalue weighted by Gasteiger charge is 2.53. The number of sulfonamides is 1. The van der Waals surface area contributed by atoms with Gasteiger partial charge >= 0.3 is 0 Å². The van der Waals surface area contributed by atoms with E-state index in [0.29, 0.717) is 12.6 Å². The molecule has 3 saturated carbocycles. The number of nitrogens with two attached hydrogens (primary N) is 1. The Morgan fingerprint density at radius 1 is 1.12 bits per heavy atom. The van der Waals surface area contributed by atoms with Crippen molar-refractivity contribution >= 4 is 10.0 Å². The molecule has 3 rings (SSSR count).